The molecule has 0 radical (unpaired) electrons. The zero-order valence-electron chi connectivity index (χ0n) is 11.9. The van der Waals surface area contributed by atoms with Crippen LogP contribution < -0.4 is 11.1 Å². The Bertz CT molecular complexity index is 554. The van der Waals surface area contributed by atoms with Crippen LogP contribution in [0.5, 0.6) is 0 Å². The van der Waals surface area contributed by atoms with Gasteiger partial charge in [-0.05, 0) is 45.6 Å². The molecule has 2 rings (SSSR count). The number of nitrogens with zero attached hydrogens (tertiary/aromatic N) is 2. The fraction of sp³-hybridized carbons (Fsp3) is 0.533. The lowest BCUT2D eigenvalue weighted by Gasteiger charge is -2.28. The number of nitrogens with one attached hydrogen (secondary N) is 1. The Labute approximate surface area is 119 Å². The summed E-state index contributed by atoms with van der Waals surface area (Å²) < 4.78 is 0. The summed E-state index contributed by atoms with van der Waals surface area (Å²) in [6.07, 6.45) is 3.44. The molecule has 1 heterocycles. The van der Waals surface area contributed by atoms with Crippen LogP contribution in [0.4, 0.5) is 5.69 Å². The number of primary amides is 1. The summed E-state index contributed by atoms with van der Waals surface area (Å²) in [4.78, 5) is 15.5. The van der Waals surface area contributed by atoms with Crippen LogP contribution in [-0.4, -0.2) is 16.9 Å². The van der Waals surface area contributed by atoms with E-state index in [1.165, 1.54) is 0 Å². The molecule has 20 heavy (non-hydrogen) atoms. The molecule has 5 heteroatoms. The first-order chi connectivity index (χ1) is 9.51. The minimum absolute atomic E-state index is 0.00407. The Morgan fingerprint density at radius 1 is 1.40 bits per heavy atom. The maximum absolute atomic E-state index is 11.2. The van der Waals surface area contributed by atoms with Crippen molar-refractivity contribution in [3.63, 3.8) is 0 Å². The molecular weight excluding hydrogens is 252 g/mol. The summed E-state index contributed by atoms with van der Waals surface area (Å²) in [5, 5.41) is 12.7. The van der Waals surface area contributed by atoms with E-state index in [1.807, 2.05) is 19.9 Å². The fourth-order valence-electron chi connectivity index (χ4n) is 2.83. The molecule has 0 unspecified atom stereocenters. The first-order valence-corrected chi connectivity index (χ1v) is 6.95. The fourth-order valence-corrected chi connectivity index (χ4v) is 2.83. The highest BCUT2D eigenvalue weighted by molar-refractivity contribution is 5.76. The summed E-state index contributed by atoms with van der Waals surface area (Å²) in [5.74, 6) is -0.193. The third kappa shape index (κ3) is 3.08. The molecule has 1 aliphatic carbocycles. The lowest BCUT2D eigenvalue weighted by molar-refractivity contribution is -0.122. The van der Waals surface area contributed by atoms with Gasteiger partial charge in [-0.1, -0.05) is 0 Å². The summed E-state index contributed by atoms with van der Waals surface area (Å²) in [6.45, 7) is 3.77. The second kappa shape index (κ2) is 5.91. The van der Waals surface area contributed by atoms with Crippen LogP contribution in [0.3, 0.4) is 0 Å². The van der Waals surface area contributed by atoms with Gasteiger partial charge in [-0.25, -0.2) is 0 Å². The van der Waals surface area contributed by atoms with Crippen molar-refractivity contribution in [3.05, 3.63) is 23.0 Å². The van der Waals surface area contributed by atoms with Crippen LogP contribution in [0, 0.1) is 31.1 Å². The van der Waals surface area contributed by atoms with Gasteiger partial charge in [0.25, 0.3) is 0 Å². The Morgan fingerprint density at radius 3 is 2.60 bits per heavy atom. The second-order valence-corrected chi connectivity index (χ2v) is 5.48. The van der Waals surface area contributed by atoms with Crippen molar-refractivity contribution in [3.8, 4) is 6.07 Å². The lowest BCUT2D eigenvalue weighted by Crippen LogP contribution is -2.32. The lowest BCUT2D eigenvalue weighted by atomic mass is 9.85. The van der Waals surface area contributed by atoms with Crippen molar-refractivity contribution >= 4 is 11.6 Å². The standard InChI is InChI=1S/C15H20N4O/c1-9-7-14(13(8-16)10(2)18-9)19-12-5-3-11(4-6-12)15(17)20/h7,11-12H,3-6H2,1-2H3,(H2,17,20)(H,18,19). The number of pyridine rings is 1. The summed E-state index contributed by atoms with van der Waals surface area (Å²) in [6, 6.07) is 4.41. The smallest absolute Gasteiger partial charge is 0.220 e. The quantitative estimate of drug-likeness (QED) is 0.880. The molecule has 0 spiro atoms. The predicted octanol–water partition coefficient (Wildman–Crippen LogP) is 2.03. The van der Waals surface area contributed by atoms with E-state index in [2.05, 4.69) is 16.4 Å². The number of anilines is 1. The van der Waals surface area contributed by atoms with Crippen LogP contribution >= 0.6 is 0 Å². The van der Waals surface area contributed by atoms with Gasteiger partial charge in [-0.2, -0.15) is 5.26 Å². The largest absolute Gasteiger partial charge is 0.381 e. The molecule has 3 N–H and O–H groups in total. The number of aromatic nitrogens is 1. The highest BCUT2D eigenvalue weighted by Crippen LogP contribution is 2.28. The molecule has 0 saturated heterocycles. The Morgan fingerprint density at radius 2 is 2.05 bits per heavy atom. The zero-order valence-corrected chi connectivity index (χ0v) is 11.9. The summed E-state index contributed by atoms with van der Waals surface area (Å²) in [5.41, 5.74) is 8.44. The van der Waals surface area contributed by atoms with Gasteiger partial charge in [0.2, 0.25) is 5.91 Å². The highest BCUT2D eigenvalue weighted by atomic mass is 16.1. The van der Waals surface area contributed by atoms with E-state index < -0.39 is 0 Å². The van der Waals surface area contributed by atoms with E-state index in [0.717, 1.165) is 42.8 Å². The molecule has 1 aliphatic rings. The molecule has 106 valence electrons. The van der Waals surface area contributed by atoms with E-state index in [9.17, 15) is 10.1 Å². The topological polar surface area (TPSA) is 91.8 Å². The van der Waals surface area contributed by atoms with E-state index >= 15 is 0 Å². The van der Waals surface area contributed by atoms with Gasteiger partial charge in [0.1, 0.15) is 6.07 Å². The average molecular weight is 272 g/mol. The van der Waals surface area contributed by atoms with Gasteiger partial charge in [0.15, 0.2) is 0 Å². The second-order valence-electron chi connectivity index (χ2n) is 5.48. The van der Waals surface area contributed by atoms with Crippen molar-refractivity contribution in [2.45, 2.75) is 45.6 Å². The molecule has 1 fully saturated rings. The first kappa shape index (κ1) is 14.3. The summed E-state index contributed by atoms with van der Waals surface area (Å²) >= 11 is 0. The Kier molecular flexibility index (Phi) is 4.23. The van der Waals surface area contributed by atoms with E-state index in [0.29, 0.717) is 11.6 Å². The number of aryl methyl sites for hydroxylation is 2. The van der Waals surface area contributed by atoms with E-state index in [-0.39, 0.29) is 11.8 Å². The van der Waals surface area contributed by atoms with Crippen LogP contribution in [-0.2, 0) is 4.79 Å². The number of nitriles is 1. The number of hydrogen-bond donors (Lipinski definition) is 2. The molecule has 0 bridgehead atoms. The van der Waals surface area contributed by atoms with Gasteiger partial charge < -0.3 is 11.1 Å². The molecular formula is C15H20N4O. The maximum atomic E-state index is 11.2. The van der Waals surface area contributed by atoms with Crippen molar-refractivity contribution < 1.29 is 4.79 Å². The average Bonchev–Trinajstić information content (AvgIpc) is 2.39. The number of carbonyl (C=O) groups excluding carboxylic acids is 1. The molecule has 0 atom stereocenters. The van der Waals surface area contributed by atoms with Gasteiger partial charge in [-0.3, -0.25) is 9.78 Å². The van der Waals surface area contributed by atoms with Gasteiger partial charge in [0, 0.05) is 17.7 Å². The minimum atomic E-state index is -0.197. The van der Waals surface area contributed by atoms with Gasteiger partial charge in [0.05, 0.1) is 16.9 Å². The van der Waals surface area contributed by atoms with Crippen LogP contribution in [0.2, 0.25) is 0 Å². The maximum Gasteiger partial charge on any atom is 0.220 e. The number of amides is 1. The van der Waals surface area contributed by atoms with Crippen molar-refractivity contribution in [2.24, 2.45) is 11.7 Å². The third-order valence-corrected chi connectivity index (χ3v) is 3.93. The minimum Gasteiger partial charge on any atom is -0.381 e. The van der Waals surface area contributed by atoms with Crippen molar-refractivity contribution in [1.29, 1.82) is 5.26 Å². The highest BCUT2D eigenvalue weighted by Gasteiger charge is 2.25. The molecule has 0 aromatic carbocycles. The monoisotopic (exact) mass is 272 g/mol. The normalized spacial score (nSPS) is 22.1. The molecule has 1 aromatic heterocycles. The van der Waals surface area contributed by atoms with Crippen LogP contribution in [0.15, 0.2) is 6.07 Å². The number of nitrogens with two attached hydrogens (primary N) is 1. The van der Waals surface area contributed by atoms with Gasteiger partial charge >= 0.3 is 0 Å². The Hall–Kier alpha value is -2.09. The zero-order chi connectivity index (χ0) is 14.7. The molecule has 0 aliphatic heterocycles. The molecule has 1 saturated carbocycles. The van der Waals surface area contributed by atoms with Crippen LogP contribution in [0.25, 0.3) is 0 Å². The SMILES string of the molecule is Cc1cc(NC2CCC(C(N)=O)CC2)c(C#N)c(C)n1. The first-order valence-electron chi connectivity index (χ1n) is 6.95. The molecule has 5 nitrogen and oxygen atoms in total. The van der Waals surface area contributed by atoms with Crippen molar-refractivity contribution in [1.82, 2.24) is 4.98 Å². The number of hydrogen-bond acceptors (Lipinski definition) is 4. The Balaban J connectivity index is 2.09. The van der Waals surface area contributed by atoms with Crippen LogP contribution in [0.1, 0.15) is 42.6 Å². The van der Waals surface area contributed by atoms with Gasteiger partial charge in [-0.15, -0.1) is 0 Å². The van der Waals surface area contributed by atoms with E-state index in [1.54, 1.807) is 0 Å². The van der Waals surface area contributed by atoms with E-state index in [4.69, 9.17) is 5.73 Å². The number of rotatable bonds is 3. The molecule has 1 aromatic rings. The third-order valence-electron chi connectivity index (χ3n) is 3.93. The van der Waals surface area contributed by atoms with Crippen molar-refractivity contribution in [2.75, 3.05) is 5.32 Å². The predicted molar refractivity (Wildman–Crippen MR) is 77.0 cm³/mol. The number of carbonyl (C=O) groups is 1. The summed E-state index contributed by atoms with van der Waals surface area (Å²) in [7, 11) is 0. The molecule has 1 amide bonds.